The number of morpholine rings is 1. The van der Waals surface area contributed by atoms with Crippen molar-refractivity contribution >= 4 is 27.3 Å². The smallest absolute Gasteiger partial charge is 0.139 e. The first-order chi connectivity index (χ1) is 8.13. The highest BCUT2D eigenvalue weighted by molar-refractivity contribution is 9.10. The van der Waals surface area contributed by atoms with Gasteiger partial charge in [-0.05, 0) is 34.8 Å². The quantitative estimate of drug-likeness (QED) is 0.810. The third kappa shape index (κ3) is 2.02. The van der Waals surface area contributed by atoms with Gasteiger partial charge in [-0.3, -0.25) is 0 Å². The summed E-state index contributed by atoms with van der Waals surface area (Å²) in [6.45, 7) is 1.69. The van der Waals surface area contributed by atoms with Crippen molar-refractivity contribution in [1.29, 1.82) is 0 Å². The number of nitrogen functional groups attached to an aromatic ring is 1. The van der Waals surface area contributed by atoms with Crippen LogP contribution in [0.3, 0.4) is 0 Å². The maximum atomic E-state index is 13.3. The van der Waals surface area contributed by atoms with Gasteiger partial charge < -0.3 is 15.4 Å². The number of halogens is 2. The Morgan fingerprint density at radius 3 is 2.59 bits per heavy atom. The monoisotopic (exact) mass is 300 g/mol. The molecule has 1 aromatic carbocycles. The van der Waals surface area contributed by atoms with Crippen LogP contribution in [0.25, 0.3) is 0 Å². The molecule has 2 N–H and O–H groups in total. The molecule has 5 heteroatoms. The summed E-state index contributed by atoms with van der Waals surface area (Å²) in [4.78, 5) is 2.20. The van der Waals surface area contributed by atoms with E-state index in [4.69, 9.17) is 10.5 Å². The Labute approximate surface area is 108 Å². The molecule has 1 aromatic rings. The molecule has 2 bridgehead atoms. The van der Waals surface area contributed by atoms with E-state index in [1.54, 1.807) is 6.07 Å². The van der Waals surface area contributed by atoms with E-state index in [1.165, 1.54) is 6.07 Å². The van der Waals surface area contributed by atoms with Crippen molar-refractivity contribution in [2.24, 2.45) is 0 Å². The Balaban J connectivity index is 1.91. The van der Waals surface area contributed by atoms with E-state index >= 15 is 0 Å². The van der Waals surface area contributed by atoms with Crippen LogP contribution in [0.2, 0.25) is 0 Å². The second-order valence-electron chi connectivity index (χ2n) is 4.69. The van der Waals surface area contributed by atoms with Crippen LogP contribution < -0.4 is 10.6 Å². The highest BCUT2D eigenvalue weighted by Crippen LogP contribution is 2.34. The van der Waals surface area contributed by atoms with Crippen molar-refractivity contribution in [1.82, 2.24) is 0 Å². The molecule has 0 aromatic heterocycles. The van der Waals surface area contributed by atoms with Gasteiger partial charge in [0.25, 0.3) is 0 Å². The number of fused-ring (bicyclic) bond motifs is 2. The number of anilines is 2. The number of rotatable bonds is 1. The SMILES string of the molecule is Nc1cc(F)c(Br)cc1N1CC2CCC(C1)O2. The molecule has 17 heavy (non-hydrogen) atoms. The second-order valence-corrected chi connectivity index (χ2v) is 5.54. The lowest BCUT2D eigenvalue weighted by Crippen LogP contribution is -2.42. The van der Waals surface area contributed by atoms with Crippen LogP contribution in [-0.4, -0.2) is 25.3 Å². The lowest BCUT2D eigenvalue weighted by Gasteiger charge is -2.34. The Morgan fingerprint density at radius 1 is 1.29 bits per heavy atom. The van der Waals surface area contributed by atoms with Crippen molar-refractivity contribution < 1.29 is 9.13 Å². The highest BCUT2D eigenvalue weighted by Gasteiger charge is 2.34. The summed E-state index contributed by atoms with van der Waals surface area (Å²) in [7, 11) is 0. The van der Waals surface area contributed by atoms with Crippen LogP contribution in [0.4, 0.5) is 15.8 Å². The van der Waals surface area contributed by atoms with Gasteiger partial charge in [-0.15, -0.1) is 0 Å². The fourth-order valence-corrected chi connectivity index (χ4v) is 2.97. The normalized spacial score (nSPS) is 27.5. The minimum absolute atomic E-state index is 0.303. The molecule has 0 radical (unpaired) electrons. The molecule has 2 atom stereocenters. The van der Waals surface area contributed by atoms with Crippen molar-refractivity contribution in [3.05, 3.63) is 22.4 Å². The Morgan fingerprint density at radius 2 is 1.94 bits per heavy atom. The summed E-state index contributed by atoms with van der Waals surface area (Å²) in [5, 5.41) is 0. The number of ether oxygens (including phenoxy) is 1. The van der Waals surface area contributed by atoms with E-state index in [2.05, 4.69) is 20.8 Å². The minimum Gasteiger partial charge on any atom is -0.397 e. The summed E-state index contributed by atoms with van der Waals surface area (Å²) in [5.41, 5.74) is 7.28. The van der Waals surface area contributed by atoms with Crippen LogP contribution in [0.1, 0.15) is 12.8 Å². The first-order valence-electron chi connectivity index (χ1n) is 5.78. The lowest BCUT2D eigenvalue weighted by atomic mass is 10.2. The highest BCUT2D eigenvalue weighted by atomic mass is 79.9. The lowest BCUT2D eigenvalue weighted by molar-refractivity contribution is 0.0305. The summed E-state index contributed by atoms with van der Waals surface area (Å²) >= 11 is 3.20. The van der Waals surface area contributed by atoms with Gasteiger partial charge in [0.05, 0.1) is 28.1 Å². The summed E-state index contributed by atoms with van der Waals surface area (Å²) < 4.78 is 19.6. The predicted molar refractivity (Wildman–Crippen MR) is 68.6 cm³/mol. The molecule has 3 rings (SSSR count). The molecule has 0 spiro atoms. The summed E-state index contributed by atoms with van der Waals surface area (Å²) in [6, 6.07) is 3.13. The Hall–Kier alpha value is -0.810. The predicted octanol–water partition coefficient (Wildman–Crippen LogP) is 2.54. The molecule has 3 nitrogen and oxygen atoms in total. The van der Waals surface area contributed by atoms with Gasteiger partial charge in [0.2, 0.25) is 0 Å². The molecule has 2 fully saturated rings. The molecule has 2 saturated heterocycles. The minimum atomic E-state index is -0.317. The Bertz CT molecular complexity index is 442. The first kappa shape index (κ1) is 11.3. The molecule has 2 unspecified atom stereocenters. The second kappa shape index (κ2) is 4.14. The zero-order valence-electron chi connectivity index (χ0n) is 9.33. The molecule has 0 amide bonds. The molecule has 92 valence electrons. The topological polar surface area (TPSA) is 38.5 Å². The largest absolute Gasteiger partial charge is 0.397 e. The first-order valence-corrected chi connectivity index (χ1v) is 6.57. The molecule has 2 aliphatic heterocycles. The third-order valence-electron chi connectivity index (χ3n) is 3.45. The van der Waals surface area contributed by atoms with Crippen LogP contribution in [0.15, 0.2) is 16.6 Å². The van der Waals surface area contributed by atoms with Gasteiger partial charge in [0.1, 0.15) is 5.82 Å². The number of benzene rings is 1. The molecule has 0 saturated carbocycles. The number of nitrogens with two attached hydrogens (primary N) is 1. The van der Waals surface area contributed by atoms with E-state index in [0.29, 0.717) is 22.4 Å². The van der Waals surface area contributed by atoms with E-state index in [9.17, 15) is 4.39 Å². The molecule has 0 aliphatic carbocycles. The van der Waals surface area contributed by atoms with E-state index in [0.717, 1.165) is 31.6 Å². The van der Waals surface area contributed by atoms with Gasteiger partial charge in [0.15, 0.2) is 0 Å². The van der Waals surface area contributed by atoms with Gasteiger partial charge >= 0.3 is 0 Å². The fourth-order valence-electron chi connectivity index (χ4n) is 2.64. The van der Waals surface area contributed by atoms with Crippen molar-refractivity contribution in [3.63, 3.8) is 0 Å². The molecular weight excluding hydrogens is 287 g/mol. The van der Waals surface area contributed by atoms with Gasteiger partial charge in [-0.1, -0.05) is 0 Å². The molecular formula is C12H14BrFN2O. The van der Waals surface area contributed by atoms with Crippen molar-refractivity contribution in [2.75, 3.05) is 23.7 Å². The van der Waals surface area contributed by atoms with Crippen molar-refractivity contribution in [3.8, 4) is 0 Å². The van der Waals surface area contributed by atoms with Gasteiger partial charge in [0, 0.05) is 19.2 Å². The van der Waals surface area contributed by atoms with Gasteiger partial charge in [-0.2, -0.15) is 0 Å². The van der Waals surface area contributed by atoms with Crippen LogP contribution in [-0.2, 0) is 4.74 Å². The van der Waals surface area contributed by atoms with Crippen LogP contribution in [0.5, 0.6) is 0 Å². The average Bonchev–Trinajstić information content (AvgIpc) is 2.63. The third-order valence-corrected chi connectivity index (χ3v) is 4.06. The fraction of sp³-hybridized carbons (Fsp3) is 0.500. The van der Waals surface area contributed by atoms with Crippen LogP contribution in [0, 0.1) is 5.82 Å². The van der Waals surface area contributed by atoms with E-state index in [-0.39, 0.29) is 5.82 Å². The van der Waals surface area contributed by atoms with E-state index in [1.807, 2.05) is 0 Å². The number of hydrogen-bond donors (Lipinski definition) is 1. The maximum absolute atomic E-state index is 13.3. The Kier molecular flexibility index (Phi) is 2.75. The van der Waals surface area contributed by atoms with Gasteiger partial charge in [-0.25, -0.2) is 4.39 Å². The summed E-state index contributed by atoms with van der Waals surface area (Å²) in [5.74, 6) is -0.317. The zero-order valence-corrected chi connectivity index (χ0v) is 10.9. The van der Waals surface area contributed by atoms with Crippen LogP contribution >= 0.6 is 15.9 Å². The van der Waals surface area contributed by atoms with E-state index < -0.39 is 0 Å². The molecule has 2 heterocycles. The zero-order chi connectivity index (χ0) is 12.0. The average molecular weight is 301 g/mol. The molecule has 2 aliphatic rings. The number of nitrogens with zero attached hydrogens (tertiary/aromatic N) is 1. The maximum Gasteiger partial charge on any atom is 0.139 e. The van der Waals surface area contributed by atoms with Crippen molar-refractivity contribution in [2.45, 2.75) is 25.0 Å². The summed E-state index contributed by atoms with van der Waals surface area (Å²) in [6.07, 6.45) is 2.83. The standard InChI is InChI=1S/C12H14BrFN2O/c13-9-3-12(11(15)4-10(9)14)16-5-7-1-2-8(6-16)17-7/h3-4,7-8H,1-2,5-6,15H2. The number of hydrogen-bond acceptors (Lipinski definition) is 3.